The normalized spacial score (nSPS) is 18.2. The minimum Gasteiger partial charge on any atom is -0.356 e. The predicted molar refractivity (Wildman–Crippen MR) is 112 cm³/mol. The molecule has 150 valence electrons. The maximum atomic E-state index is 11.9. The number of piperidine rings is 1. The average molecular weight is 374 g/mol. The number of likely N-dealkylation sites (tertiary alicyclic amines) is 1. The Morgan fingerprint density at radius 1 is 1.22 bits per heavy atom. The van der Waals surface area contributed by atoms with Crippen LogP contribution in [0.4, 0.5) is 0 Å². The molecule has 0 saturated carbocycles. The van der Waals surface area contributed by atoms with Gasteiger partial charge in [-0.05, 0) is 50.4 Å². The summed E-state index contributed by atoms with van der Waals surface area (Å²) in [7, 11) is 5.32. The lowest BCUT2D eigenvalue weighted by atomic mass is 10.0. The molecule has 1 aliphatic heterocycles. The zero-order valence-electron chi connectivity index (χ0n) is 17.3. The van der Waals surface area contributed by atoms with Crippen LogP contribution in [0.3, 0.4) is 0 Å². The van der Waals surface area contributed by atoms with Gasteiger partial charge in [-0.15, -0.1) is 0 Å². The van der Waals surface area contributed by atoms with Crippen LogP contribution in [0.5, 0.6) is 0 Å². The van der Waals surface area contributed by atoms with Crippen molar-refractivity contribution < 1.29 is 4.79 Å². The highest BCUT2D eigenvalue weighted by atomic mass is 16.2. The van der Waals surface area contributed by atoms with Gasteiger partial charge in [0.15, 0.2) is 5.96 Å². The van der Waals surface area contributed by atoms with Crippen LogP contribution in [0, 0.1) is 0 Å². The van der Waals surface area contributed by atoms with E-state index in [1.165, 1.54) is 25.8 Å². The summed E-state index contributed by atoms with van der Waals surface area (Å²) >= 11 is 0. The molecule has 6 heteroatoms. The van der Waals surface area contributed by atoms with Crippen LogP contribution in [-0.2, 0) is 6.54 Å². The summed E-state index contributed by atoms with van der Waals surface area (Å²) in [5, 5.41) is 6.72. The summed E-state index contributed by atoms with van der Waals surface area (Å²) in [5.41, 5.74) is 1.83. The maximum Gasteiger partial charge on any atom is 0.253 e. The Balaban J connectivity index is 1.70. The molecule has 1 saturated heterocycles. The van der Waals surface area contributed by atoms with E-state index in [0.29, 0.717) is 12.1 Å². The summed E-state index contributed by atoms with van der Waals surface area (Å²) in [6, 6.07) is 8.42. The molecule has 0 bridgehead atoms. The first kappa shape index (κ1) is 21.2. The topological polar surface area (TPSA) is 60.0 Å². The van der Waals surface area contributed by atoms with Gasteiger partial charge in [0, 0.05) is 52.4 Å². The van der Waals surface area contributed by atoms with Crippen LogP contribution < -0.4 is 10.6 Å². The van der Waals surface area contributed by atoms with Crippen molar-refractivity contribution in [2.75, 3.05) is 40.8 Å². The number of carbonyl (C=O) groups excluding carboxylic acids is 1. The SMILES string of the molecule is CN=C(NCCCN1CCCCC1C)NCc1ccc(C(=O)N(C)C)cc1. The van der Waals surface area contributed by atoms with Crippen molar-refractivity contribution in [1.29, 1.82) is 0 Å². The van der Waals surface area contributed by atoms with Gasteiger partial charge >= 0.3 is 0 Å². The molecule has 27 heavy (non-hydrogen) atoms. The minimum absolute atomic E-state index is 0.0232. The quantitative estimate of drug-likeness (QED) is 0.437. The Labute approximate surface area is 164 Å². The van der Waals surface area contributed by atoms with Crippen LogP contribution in [0.25, 0.3) is 0 Å². The van der Waals surface area contributed by atoms with Gasteiger partial charge < -0.3 is 20.4 Å². The minimum atomic E-state index is 0.0232. The largest absolute Gasteiger partial charge is 0.356 e. The molecule has 2 N–H and O–H groups in total. The van der Waals surface area contributed by atoms with E-state index < -0.39 is 0 Å². The third kappa shape index (κ3) is 6.86. The Kier molecular flexibility index (Phi) is 8.58. The molecule has 0 aliphatic carbocycles. The fraction of sp³-hybridized carbons (Fsp3) is 0.619. The molecule has 0 spiro atoms. The molecule has 0 aromatic heterocycles. The summed E-state index contributed by atoms with van der Waals surface area (Å²) in [6.07, 6.45) is 5.15. The molecule has 2 rings (SSSR count). The molecule has 1 unspecified atom stereocenters. The molecular weight excluding hydrogens is 338 g/mol. The van der Waals surface area contributed by atoms with Gasteiger partial charge in [0.25, 0.3) is 5.91 Å². The third-order valence-electron chi connectivity index (χ3n) is 5.15. The molecule has 1 amide bonds. The second-order valence-electron chi connectivity index (χ2n) is 7.48. The Morgan fingerprint density at radius 2 is 1.96 bits per heavy atom. The van der Waals surface area contributed by atoms with E-state index in [9.17, 15) is 4.79 Å². The summed E-state index contributed by atoms with van der Waals surface area (Å²) < 4.78 is 0. The van der Waals surface area contributed by atoms with Crippen LogP contribution in [0.1, 0.15) is 48.5 Å². The molecule has 1 aromatic rings. The standard InChI is InChI=1S/C21H35N5O/c1-17-8-5-6-14-26(17)15-7-13-23-21(22-2)24-16-18-9-11-19(12-10-18)20(27)25(3)4/h9-12,17H,5-8,13-16H2,1-4H3,(H2,22,23,24). The van der Waals surface area contributed by atoms with Gasteiger partial charge in [-0.2, -0.15) is 0 Å². The van der Waals surface area contributed by atoms with Crippen LogP contribution in [-0.4, -0.2) is 68.5 Å². The number of rotatable bonds is 7. The van der Waals surface area contributed by atoms with Crippen LogP contribution in [0.2, 0.25) is 0 Å². The highest BCUT2D eigenvalue weighted by Crippen LogP contribution is 2.16. The van der Waals surface area contributed by atoms with Gasteiger partial charge in [0.05, 0.1) is 0 Å². The lowest BCUT2D eigenvalue weighted by Crippen LogP contribution is -2.41. The van der Waals surface area contributed by atoms with Gasteiger partial charge in [0.2, 0.25) is 0 Å². The number of nitrogens with zero attached hydrogens (tertiary/aromatic N) is 3. The Hall–Kier alpha value is -2.08. The fourth-order valence-electron chi connectivity index (χ4n) is 3.41. The first-order valence-electron chi connectivity index (χ1n) is 10.0. The van der Waals surface area contributed by atoms with E-state index >= 15 is 0 Å². The summed E-state index contributed by atoms with van der Waals surface area (Å²) in [6.45, 7) is 6.32. The summed E-state index contributed by atoms with van der Waals surface area (Å²) in [5.74, 6) is 0.838. The number of hydrogen-bond donors (Lipinski definition) is 2. The second kappa shape index (κ2) is 10.9. The van der Waals surface area contributed by atoms with Crippen LogP contribution in [0.15, 0.2) is 29.3 Å². The zero-order chi connectivity index (χ0) is 19.6. The molecule has 6 nitrogen and oxygen atoms in total. The second-order valence-corrected chi connectivity index (χ2v) is 7.48. The zero-order valence-corrected chi connectivity index (χ0v) is 17.3. The Bertz CT molecular complexity index is 612. The number of guanidine groups is 1. The van der Waals surface area contributed by atoms with Crippen molar-refractivity contribution in [1.82, 2.24) is 20.4 Å². The first-order chi connectivity index (χ1) is 13.0. The average Bonchev–Trinajstić information content (AvgIpc) is 2.68. The molecule has 1 atom stereocenters. The highest BCUT2D eigenvalue weighted by molar-refractivity contribution is 5.93. The number of benzene rings is 1. The monoisotopic (exact) mass is 373 g/mol. The van der Waals surface area contributed by atoms with Crippen molar-refractivity contribution in [2.45, 2.75) is 45.2 Å². The van der Waals surface area contributed by atoms with E-state index in [-0.39, 0.29) is 5.91 Å². The number of hydrogen-bond acceptors (Lipinski definition) is 3. The first-order valence-corrected chi connectivity index (χ1v) is 10.0. The molecule has 1 aromatic carbocycles. The number of aliphatic imine (C=N–C) groups is 1. The van der Waals surface area contributed by atoms with Crippen molar-refractivity contribution in [3.8, 4) is 0 Å². The van der Waals surface area contributed by atoms with Crippen molar-refractivity contribution in [2.24, 2.45) is 4.99 Å². The van der Waals surface area contributed by atoms with Crippen LogP contribution >= 0.6 is 0 Å². The predicted octanol–water partition coefficient (Wildman–Crippen LogP) is 2.32. The highest BCUT2D eigenvalue weighted by Gasteiger charge is 2.17. The van der Waals surface area contributed by atoms with E-state index in [1.807, 2.05) is 24.3 Å². The van der Waals surface area contributed by atoms with Gasteiger partial charge in [0.1, 0.15) is 0 Å². The van der Waals surface area contributed by atoms with Gasteiger partial charge in [-0.1, -0.05) is 18.6 Å². The van der Waals surface area contributed by atoms with Gasteiger partial charge in [-0.3, -0.25) is 9.79 Å². The molecule has 1 aliphatic rings. The van der Waals surface area contributed by atoms with Crippen molar-refractivity contribution >= 4 is 11.9 Å². The fourth-order valence-corrected chi connectivity index (χ4v) is 3.41. The van der Waals surface area contributed by atoms with Crippen molar-refractivity contribution in [3.63, 3.8) is 0 Å². The van der Waals surface area contributed by atoms with Gasteiger partial charge in [-0.25, -0.2) is 0 Å². The Morgan fingerprint density at radius 3 is 2.59 bits per heavy atom. The maximum absolute atomic E-state index is 11.9. The van der Waals surface area contributed by atoms with E-state index in [4.69, 9.17) is 0 Å². The molecule has 0 radical (unpaired) electrons. The summed E-state index contributed by atoms with van der Waals surface area (Å²) in [4.78, 5) is 20.4. The van der Waals surface area contributed by atoms with E-state index in [1.54, 1.807) is 26.0 Å². The smallest absolute Gasteiger partial charge is 0.253 e. The number of amides is 1. The lowest BCUT2D eigenvalue weighted by molar-refractivity contribution is 0.0827. The third-order valence-corrected chi connectivity index (χ3v) is 5.15. The van der Waals surface area contributed by atoms with E-state index in [2.05, 4.69) is 27.4 Å². The molecule has 1 fully saturated rings. The van der Waals surface area contributed by atoms with E-state index in [0.717, 1.165) is 37.1 Å². The molecular formula is C21H35N5O. The number of nitrogens with one attached hydrogen (secondary N) is 2. The number of carbonyl (C=O) groups is 1. The lowest BCUT2D eigenvalue weighted by Gasteiger charge is -2.33. The van der Waals surface area contributed by atoms with Crippen molar-refractivity contribution in [3.05, 3.63) is 35.4 Å². The molecule has 1 heterocycles.